The van der Waals surface area contributed by atoms with Crippen LogP contribution in [0.25, 0.3) is 22.3 Å². The summed E-state index contributed by atoms with van der Waals surface area (Å²) in [7, 11) is 0. The van der Waals surface area contributed by atoms with Gasteiger partial charge in [-0.15, -0.1) is 0 Å². The molecule has 1 N–H and O–H groups in total. The molecule has 2 aliphatic heterocycles. The SMILES string of the molecule is CSC(CNc1cc(-c2cnc3c(cnn3C3COC3)c2)ncn1)c1ccnc2c1OCCO2. The van der Waals surface area contributed by atoms with E-state index in [1.807, 2.05) is 29.2 Å². The Bertz CT molecular complexity index is 1330. The fourth-order valence-corrected chi connectivity index (χ4v) is 4.76. The van der Waals surface area contributed by atoms with E-state index in [0.29, 0.717) is 38.9 Å². The average molecular weight is 478 g/mol. The van der Waals surface area contributed by atoms with Crippen LogP contribution in [0.1, 0.15) is 16.9 Å². The van der Waals surface area contributed by atoms with E-state index in [2.05, 4.69) is 42.7 Å². The van der Waals surface area contributed by atoms with Crippen molar-refractivity contribution < 1.29 is 14.2 Å². The van der Waals surface area contributed by atoms with Crippen molar-refractivity contribution in [1.82, 2.24) is 29.7 Å². The lowest BCUT2D eigenvalue weighted by Gasteiger charge is -2.26. The number of aromatic nitrogens is 6. The Hall–Kier alpha value is -3.44. The van der Waals surface area contributed by atoms with Crippen LogP contribution < -0.4 is 14.8 Å². The Kier molecular flexibility index (Phi) is 5.63. The third kappa shape index (κ3) is 3.90. The smallest absolute Gasteiger partial charge is 0.257 e. The second-order valence-corrected chi connectivity index (χ2v) is 9.08. The number of anilines is 1. The first-order valence-electron chi connectivity index (χ1n) is 11.0. The van der Waals surface area contributed by atoms with Crippen LogP contribution in [-0.4, -0.2) is 68.9 Å². The molecule has 0 amide bonds. The summed E-state index contributed by atoms with van der Waals surface area (Å²) in [6.07, 6.45) is 9.08. The van der Waals surface area contributed by atoms with Crippen LogP contribution in [0.2, 0.25) is 0 Å². The number of fused-ring (bicyclic) bond motifs is 2. The third-order valence-corrected chi connectivity index (χ3v) is 6.92. The first kappa shape index (κ1) is 21.1. The van der Waals surface area contributed by atoms with Crippen molar-refractivity contribution >= 4 is 28.6 Å². The molecule has 2 aliphatic rings. The van der Waals surface area contributed by atoms with E-state index < -0.39 is 0 Å². The van der Waals surface area contributed by atoms with Gasteiger partial charge in [-0.2, -0.15) is 16.9 Å². The molecule has 1 fully saturated rings. The minimum absolute atomic E-state index is 0.135. The molecule has 1 atom stereocenters. The van der Waals surface area contributed by atoms with Crippen LogP contribution in [0.3, 0.4) is 0 Å². The van der Waals surface area contributed by atoms with E-state index >= 15 is 0 Å². The van der Waals surface area contributed by atoms with Crippen LogP contribution >= 0.6 is 11.8 Å². The Morgan fingerprint density at radius 1 is 1.12 bits per heavy atom. The molecule has 0 aliphatic carbocycles. The lowest BCUT2D eigenvalue weighted by molar-refractivity contribution is -0.0269. The number of pyridine rings is 2. The number of rotatable bonds is 7. The van der Waals surface area contributed by atoms with E-state index in [-0.39, 0.29) is 11.3 Å². The van der Waals surface area contributed by atoms with Gasteiger partial charge < -0.3 is 19.5 Å². The van der Waals surface area contributed by atoms with Gasteiger partial charge in [0, 0.05) is 41.5 Å². The van der Waals surface area contributed by atoms with Crippen molar-refractivity contribution in [1.29, 1.82) is 0 Å². The zero-order chi connectivity index (χ0) is 22.9. The van der Waals surface area contributed by atoms with E-state index in [1.165, 1.54) is 0 Å². The van der Waals surface area contributed by atoms with Gasteiger partial charge in [-0.1, -0.05) is 0 Å². The minimum atomic E-state index is 0.135. The number of hydrogen-bond acceptors (Lipinski definition) is 10. The molecular formula is C23H23N7O3S. The van der Waals surface area contributed by atoms with Crippen LogP contribution in [0.5, 0.6) is 11.6 Å². The highest BCUT2D eigenvalue weighted by molar-refractivity contribution is 7.98. The Balaban J connectivity index is 1.20. The average Bonchev–Trinajstić information content (AvgIpc) is 3.26. The summed E-state index contributed by atoms with van der Waals surface area (Å²) in [5.41, 5.74) is 3.63. The highest BCUT2D eigenvalue weighted by Gasteiger charge is 2.24. The molecule has 4 aromatic heterocycles. The van der Waals surface area contributed by atoms with E-state index in [9.17, 15) is 0 Å². The van der Waals surface area contributed by atoms with Crippen molar-refractivity contribution in [2.45, 2.75) is 11.3 Å². The second kappa shape index (κ2) is 9.07. The summed E-state index contributed by atoms with van der Waals surface area (Å²) in [5, 5.41) is 9.05. The molecule has 6 heterocycles. The summed E-state index contributed by atoms with van der Waals surface area (Å²) in [6.45, 7) is 3.07. The molecule has 4 aromatic rings. The molecule has 0 spiro atoms. The molecule has 0 aromatic carbocycles. The maximum absolute atomic E-state index is 5.85. The quantitative estimate of drug-likeness (QED) is 0.426. The lowest BCUT2D eigenvalue weighted by Crippen LogP contribution is -2.31. The fourth-order valence-electron chi connectivity index (χ4n) is 4.07. The molecule has 174 valence electrons. The molecule has 11 heteroatoms. The molecule has 0 bridgehead atoms. The summed E-state index contributed by atoms with van der Waals surface area (Å²) in [6, 6.07) is 6.24. The van der Waals surface area contributed by atoms with Gasteiger partial charge in [0.2, 0.25) is 0 Å². The van der Waals surface area contributed by atoms with Gasteiger partial charge in [-0.25, -0.2) is 24.6 Å². The standard InChI is InChI=1S/C23H23N7O3S/c1-34-19(17-2-3-24-23-21(17)32-4-5-33-23)10-25-20-7-18(27-13-28-20)14-6-15-9-29-30(16-11-31-12-16)22(15)26-8-14/h2-3,6-9,13,16,19H,4-5,10-12H2,1H3,(H,25,27,28). The van der Waals surface area contributed by atoms with Gasteiger partial charge in [0.05, 0.1) is 30.4 Å². The topological polar surface area (TPSA) is 109 Å². The highest BCUT2D eigenvalue weighted by Crippen LogP contribution is 2.39. The van der Waals surface area contributed by atoms with Crippen LogP contribution in [0.4, 0.5) is 5.82 Å². The van der Waals surface area contributed by atoms with Crippen molar-refractivity contribution in [3.63, 3.8) is 0 Å². The van der Waals surface area contributed by atoms with Gasteiger partial charge in [-0.05, 0) is 18.4 Å². The zero-order valence-corrected chi connectivity index (χ0v) is 19.4. The maximum atomic E-state index is 5.85. The van der Waals surface area contributed by atoms with Crippen LogP contribution in [-0.2, 0) is 4.74 Å². The zero-order valence-electron chi connectivity index (χ0n) is 18.5. The van der Waals surface area contributed by atoms with Gasteiger partial charge in [0.15, 0.2) is 11.4 Å². The number of nitrogens with one attached hydrogen (secondary N) is 1. The predicted octanol–water partition coefficient (Wildman–Crippen LogP) is 3.14. The van der Waals surface area contributed by atoms with E-state index in [1.54, 1.807) is 24.3 Å². The number of thioether (sulfide) groups is 1. The molecule has 10 nitrogen and oxygen atoms in total. The fraction of sp³-hybridized carbons (Fsp3) is 0.348. The highest BCUT2D eigenvalue weighted by atomic mass is 32.2. The Morgan fingerprint density at radius 3 is 2.88 bits per heavy atom. The van der Waals surface area contributed by atoms with Crippen LogP contribution in [0.15, 0.2) is 43.1 Å². The summed E-state index contributed by atoms with van der Waals surface area (Å²) in [4.78, 5) is 17.8. The van der Waals surface area contributed by atoms with Crippen molar-refractivity contribution in [2.75, 3.05) is 44.5 Å². The van der Waals surface area contributed by atoms with E-state index in [0.717, 1.165) is 39.4 Å². The molecular weight excluding hydrogens is 454 g/mol. The van der Waals surface area contributed by atoms with Crippen LogP contribution in [0, 0.1) is 0 Å². The first-order chi connectivity index (χ1) is 16.8. The normalized spacial score (nSPS) is 16.3. The second-order valence-electron chi connectivity index (χ2n) is 8.04. The Morgan fingerprint density at radius 2 is 2.03 bits per heavy atom. The van der Waals surface area contributed by atoms with Crippen molar-refractivity contribution in [3.05, 3.63) is 48.7 Å². The van der Waals surface area contributed by atoms with Crippen molar-refractivity contribution in [3.8, 4) is 22.9 Å². The molecule has 6 rings (SSSR count). The first-order valence-corrected chi connectivity index (χ1v) is 12.3. The van der Waals surface area contributed by atoms with Gasteiger partial charge in [0.25, 0.3) is 5.88 Å². The largest absolute Gasteiger partial charge is 0.484 e. The van der Waals surface area contributed by atoms with Gasteiger partial charge >= 0.3 is 0 Å². The molecule has 0 saturated carbocycles. The summed E-state index contributed by atoms with van der Waals surface area (Å²) >= 11 is 1.73. The third-order valence-electron chi connectivity index (χ3n) is 5.93. The summed E-state index contributed by atoms with van der Waals surface area (Å²) < 4.78 is 18.7. The number of hydrogen-bond donors (Lipinski definition) is 1. The number of ether oxygens (including phenoxy) is 3. The Labute approximate surface area is 200 Å². The lowest BCUT2D eigenvalue weighted by atomic mass is 10.1. The minimum Gasteiger partial charge on any atom is -0.484 e. The summed E-state index contributed by atoms with van der Waals surface area (Å²) in [5.74, 6) is 2.03. The molecule has 34 heavy (non-hydrogen) atoms. The monoisotopic (exact) mass is 477 g/mol. The molecule has 0 radical (unpaired) electrons. The molecule has 1 unspecified atom stereocenters. The van der Waals surface area contributed by atoms with Crippen molar-refractivity contribution in [2.24, 2.45) is 0 Å². The predicted molar refractivity (Wildman–Crippen MR) is 128 cm³/mol. The van der Waals surface area contributed by atoms with E-state index in [4.69, 9.17) is 14.2 Å². The molecule has 1 saturated heterocycles. The maximum Gasteiger partial charge on any atom is 0.257 e. The number of nitrogens with zero attached hydrogens (tertiary/aromatic N) is 6. The van der Waals surface area contributed by atoms with Gasteiger partial charge in [0.1, 0.15) is 31.4 Å². The van der Waals surface area contributed by atoms with Gasteiger partial charge in [-0.3, -0.25) is 0 Å².